The molecule has 3 rings (SSSR count). The van der Waals surface area contributed by atoms with E-state index in [9.17, 15) is 13.2 Å². The average molecular weight is 485 g/mol. The Balaban J connectivity index is 1.64. The third kappa shape index (κ3) is 5.52. The highest BCUT2D eigenvalue weighted by Gasteiger charge is 2.34. The van der Waals surface area contributed by atoms with Crippen LogP contribution in [0.2, 0.25) is 10.0 Å². The summed E-state index contributed by atoms with van der Waals surface area (Å²) in [5, 5.41) is 0.442. The molecule has 2 aromatic rings. The molecule has 0 saturated carbocycles. The number of hydrogen-bond acceptors (Lipinski definition) is 4. The maximum Gasteiger partial charge on any atom is 0.244 e. The number of hydrogen-bond donors (Lipinski definition) is 0. The first-order valence-corrected chi connectivity index (χ1v) is 12.3. The second kappa shape index (κ2) is 10.2. The second-order valence-corrected chi connectivity index (χ2v) is 10.2. The van der Waals surface area contributed by atoms with Gasteiger partial charge in [-0.25, -0.2) is 8.42 Å². The minimum absolute atomic E-state index is 0.00362. The molecule has 0 aromatic heterocycles. The summed E-state index contributed by atoms with van der Waals surface area (Å²) in [5.74, 6) is 0.540. The lowest BCUT2D eigenvalue weighted by Gasteiger charge is -2.32. The fourth-order valence-electron chi connectivity index (χ4n) is 3.73. The van der Waals surface area contributed by atoms with Crippen molar-refractivity contribution in [2.75, 3.05) is 26.7 Å². The molecule has 1 aliphatic rings. The Kier molecular flexibility index (Phi) is 7.86. The number of para-hydroxylation sites is 1. The Morgan fingerprint density at radius 2 is 1.84 bits per heavy atom. The van der Waals surface area contributed by atoms with Crippen molar-refractivity contribution in [3.63, 3.8) is 0 Å². The molecule has 0 spiro atoms. The zero-order chi connectivity index (χ0) is 22.6. The molecule has 0 aliphatic carbocycles. The van der Waals surface area contributed by atoms with Crippen molar-refractivity contribution in [3.8, 4) is 5.75 Å². The molecule has 0 radical (unpaired) electrons. The minimum Gasteiger partial charge on any atom is -0.494 e. The second-order valence-electron chi connectivity index (χ2n) is 7.49. The van der Waals surface area contributed by atoms with Gasteiger partial charge in [0.1, 0.15) is 10.6 Å². The molecule has 1 saturated heterocycles. The number of ether oxygens (including phenoxy) is 1. The van der Waals surface area contributed by atoms with E-state index in [2.05, 4.69) is 0 Å². The molecule has 1 heterocycles. The molecule has 6 nitrogen and oxygen atoms in total. The number of amides is 1. The highest BCUT2D eigenvalue weighted by atomic mass is 35.5. The van der Waals surface area contributed by atoms with Crippen molar-refractivity contribution in [3.05, 3.63) is 58.1 Å². The van der Waals surface area contributed by atoms with Gasteiger partial charge in [-0.05, 0) is 44.0 Å². The van der Waals surface area contributed by atoms with Gasteiger partial charge in [-0.15, -0.1) is 0 Å². The number of carbonyl (C=O) groups is 1. The van der Waals surface area contributed by atoms with Crippen molar-refractivity contribution in [1.29, 1.82) is 0 Å². The lowest BCUT2D eigenvalue weighted by molar-refractivity contribution is -0.135. The topological polar surface area (TPSA) is 66.9 Å². The van der Waals surface area contributed by atoms with Gasteiger partial charge in [-0.3, -0.25) is 4.79 Å². The summed E-state index contributed by atoms with van der Waals surface area (Å²) in [6.07, 6.45) is 0.904. The summed E-state index contributed by atoms with van der Waals surface area (Å²) >= 11 is 12.1. The van der Waals surface area contributed by atoms with Gasteiger partial charge in [0.2, 0.25) is 15.9 Å². The fraction of sp³-hybridized carbons (Fsp3) is 0.409. The maximum absolute atomic E-state index is 13.0. The van der Waals surface area contributed by atoms with Crippen LogP contribution >= 0.6 is 23.2 Å². The number of halogens is 2. The van der Waals surface area contributed by atoms with Crippen LogP contribution in [0.1, 0.15) is 25.3 Å². The number of piperidine rings is 1. The van der Waals surface area contributed by atoms with Gasteiger partial charge >= 0.3 is 0 Å². The van der Waals surface area contributed by atoms with Crippen LogP contribution in [0.15, 0.2) is 47.4 Å². The van der Waals surface area contributed by atoms with Crippen molar-refractivity contribution in [2.45, 2.75) is 31.2 Å². The van der Waals surface area contributed by atoms with Gasteiger partial charge in [0.25, 0.3) is 0 Å². The Morgan fingerprint density at radius 1 is 1.16 bits per heavy atom. The van der Waals surface area contributed by atoms with Crippen LogP contribution in [-0.4, -0.2) is 50.3 Å². The number of nitrogens with zero attached hydrogens (tertiary/aromatic N) is 2. The monoisotopic (exact) mass is 484 g/mol. The molecule has 0 bridgehead atoms. The van der Waals surface area contributed by atoms with Crippen LogP contribution < -0.4 is 4.74 Å². The summed E-state index contributed by atoms with van der Waals surface area (Å²) in [7, 11) is -2.01. The van der Waals surface area contributed by atoms with Crippen molar-refractivity contribution in [1.82, 2.24) is 9.21 Å². The highest BCUT2D eigenvalue weighted by molar-refractivity contribution is 7.89. The zero-order valence-electron chi connectivity index (χ0n) is 17.6. The summed E-state index contributed by atoms with van der Waals surface area (Å²) in [6.45, 7) is 3.42. The molecule has 1 amide bonds. The Labute approximate surface area is 193 Å². The highest BCUT2D eigenvalue weighted by Crippen LogP contribution is 2.31. The van der Waals surface area contributed by atoms with E-state index < -0.39 is 10.0 Å². The van der Waals surface area contributed by atoms with Crippen LogP contribution in [0.3, 0.4) is 0 Å². The standard InChI is InChI=1S/C22H26Cl2N2O4S/c1-3-30-20-7-5-4-6-17(20)15-25(2)22(27)16-10-12-26(13-11-16)31(28,29)21-14-18(23)8-9-19(21)24/h4-9,14,16H,3,10-13,15H2,1-2H3. The first-order chi connectivity index (χ1) is 14.7. The van der Waals surface area contributed by atoms with Crippen LogP contribution in [0, 0.1) is 5.92 Å². The van der Waals surface area contributed by atoms with E-state index in [1.807, 2.05) is 31.2 Å². The largest absolute Gasteiger partial charge is 0.494 e. The van der Waals surface area contributed by atoms with Crippen molar-refractivity contribution in [2.24, 2.45) is 5.92 Å². The predicted octanol–water partition coefficient (Wildman–Crippen LogP) is 4.45. The first-order valence-electron chi connectivity index (χ1n) is 10.1. The smallest absolute Gasteiger partial charge is 0.244 e. The number of benzene rings is 2. The molecule has 9 heteroatoms. The normalized spacial score (nSPS) is 15.6. The van der Waals surface area contributed by atoms with E-state index >= 15 is 0 Å². The van der Waals surface area contributed by atoms with E-state index in [1.165, 1.54) is 16.4 Å². The van der Waals surface area contributed by atoms with Gasteiger partial charge in [-0.1, -0.05) is 41.4 Å². The summed E-state index contributed by atoms with van der Waals surface area (Å²) in [6, 6.07) is 12.0. The van der Waals surface area contributed by atoms with E-state index in [0.717, 1.165) is 11.3 Å². The Bertz CT molecular complexity index is 1040. The number of rotatable bonds is 7. The third-order valence-corrected chi connectivity index (χ3v) is 7.99. The van der Waals surface area contributed by atoms with Gasteiger partial charge in [0, 0.05) is 43.2 Å². The van der Waals surface area contributed by atoms with Crippen LogP contribution in [0.25, 0.3) is 0 Å². The van der Waals surface area contributed by atoms with Gasteiger partial charge in [0.05, 0.1) is 11.6 Å². The molecular weight excluding hydrogens is 459 g/mol. The molecular formula is C22H26Cl2N2O4S. The molecule has 31 heavy (non-hydrogen) atoms. The average Bonchev–Trinajstić information content (AvgIpc) is 2.76. The number of carbonyl (C=O) groups excluding carboxylic acids is 1. The summed E-state index contributed by atoms with van der Waals surface area (Å²) < 4.78 is 33.0. The first kappa shape index (κ1) is 23.9. The van der Waals surface area contributed by atoms with E-state index in [1.54, 1.807) is 18.0 Å². The molecule has 1 fully saturated rings. The SMILES string of the molecule is CCOc1ccccc1CN(C)C(=O)C1CCN(S(=O)(=O)c2cc(Cl)ccc2Cl)CC1. The third-order valence-electron chi connectivity index (χ3n) is 5.37. The Morgan fingerprint density at radius 3 is 2.52 bits per heavy atom. The molecule has 1 aliphatic heterocycles. The quantitative estimate of drug-likeness (QED) is 0.581. The number of sulfonamides is 1. The summed E-state index contributed by atoms with van der Waals surface area (Å²) in [5.41, 5.74) is 0.941. The fourth-order valence-corrected chi connectivity index (χ4v) is 5.94. The van der Waals surface area contributed by atoms with Gasteiger partial charge in [0.15, 0.2) is 0 Å². The van der Waals surface area contributed by atoms with Crippen LogP contribution in [-0.2, 0) is 21.4 Å². The van der Waals surface area contributed by atoms with Crippen LogP contribution in [0.5, 0.6) is 5.75 Å². The van der Waals surface area contributed by atoms with E-state index in [0.29, 0.717) is 31.0 Å². The van der Waals surface area contributed by atoms with Crippen molar-refractivity contribution < 1.29 is 17.9 Å². The van der Waals surface area contributed by atoms with E-state index in [4.69, 9.17) is 27.9 Å². The van der Waals surface area contributed by atoms with Crippen molar-refractivity contribution >= 4 is 39.1 Å². The minimum atomic E-state index is -3.77. The Hall–Kier alpha value is -1.80. The van der Waals surface area contributed by atoms with Gasteiger partial charge < -0.3 is 9.64 Å². The molecule has 0 unspecified atom stereocenters. The van der Waals surface area contributed by atoms with Gasteiger partial charge in [-0.2, -0.15) is 4.31 Å². The van der Waals surface area contributed by atoms with Crippen LogP contribution in [0.4, 0.5) is 0 Å². The lowest BCUT2D eigenvalue weighted by atomic mass is 9.96. The molecule has 0 N–H and O–H groups in total. The summed E-state index contributed by atoms with van der Waals surface area (Å²) in [4.78, 5) is 14.7. The molecule has 2 aromatic carbocycles. The zero-order valence-corrected chi connectivity index (χ0v) is 19.9. The lowest BCUT2D eigenvalue weighted by Crippen LogP contribution is -2.43. The molecule has 168 valence electrons. The maximum atomic E-state index is 13.0. The predicted molar refractivity (Wildman–Crippen MR) is 122 cm³/mol. The molecule has 0 atom stereocenters. The van der Waals surface area contributed by atoms with E-state index in [-0.39, 0.29) is 34.8 Å².